The van der Waals surface area contributed by atoms with Crippen LogP contribution in [0, 0.1) is 0 Å². The van der Waals surface area contributed by atoms with Gasteiger partial charge < -0.3 is 9.47 Å². The smallest absolute Gasteiger partial charge is 0.225 e. The number of fused-ring (bicyclic) bond motifs is 2. The highest BCUT2D eigenvalue weighted by Gasteiger charge is 2.20. The average molecular weight is 349 g/mol. The summed E-state index contributed by atoms with van der Waals surface area (Å²) in [6.07, 6.45) is 5.65. The Labute approximate surface area is 149 Å². The highest BCUT2D eigenvalue weighted by atomic mass is 16.5. The van der Waals surface area contributed by atoms with Crippen molar-refractivity contribution in [3.63, 3.8) is 0 Å². The zero-order chi connectivity index (χ0) is 17.5. The third-order valence-electron chi connectivity index (χ3n) is 4.78. The van der Waals surface area contributed by atoms with Gasteiger partial charge >= 0.3 is 0 Å². The molecule has 0 bridgehead atoms. The molecule has 4 heterocycles. The second-order valence-corrected chi connectivity index (χ2v) is 6.62. The second kappa shape index (κ2) is 6.10. The maximum Gasteiger partial charge on any atom is 0.225 e. The Hall–Kier alpha value is -2.93. The van der Waals surface area contributed by atoms with Gasteiger partial charge in [0.1, 0.15) is 11.8 Å². The first kappa shape index (κ1) is 15.3. The topological polar surface area (TPSA) is 77.9 Å². The Morgan fingerprint density at radius 2 is 2.12 bits per heavy atom. The Kier molecular flexibility index (Phi) is 3.60. The number of aromatic amines is 1. The normalized spacial score (nSPS) is 15.7. The minimum absolute atomic E-state index is 0.130. The average Bonchev–Trinajstić information content (AvgIpc) is 3.25. The summed E-state index contributed by atoms with van der Waals surface area (Å²) in [5.41, 5.74) is 3.75. The summed E-state index contributed by atoms with van der Waals surface area (Å²) in [5, 5.41) is 14.1. The minimum Gasteiger partial charge on any atom is -0.474 e. The summed E-state index contributed by atoms with van der Waals surface area (Å²) >= 11 is 0. The van der Waals surface area contributed by atoms with Gasteiger partial charge in [-0.25, -0.2) is 4.98 Å². The number of aryl methyl sites for hydroxylation is 1. The quantitative estimate of drug-likeness (QED) is 0.615. The molecule has 1 saturated heterocycles. The van der Waals surface area contributed by atoms with E-state index in [2.05, 4.69) is 26.3 Å². The second-order valence-electron chi connectivity index (χ2n) is 6.62. The maximum atomic E-state index is 6.21. The van der Waals surface area contributed by atoms with E-state index in [1.165, 1.54) is 0 Å². The monoisotopic (exact) mass is 349 g/mol. The summed E-state index contributed by atoms with van der Waals surface area (Å²) in [7, 11) is 1.92. The predicted molar refractivity (Wildman–Crippen MR) is 98.1 cm³/mol. The van der Waals surface area contributed by atoms with Crippen molar-refractivity contribution in [2.75, 3.05) is 13.2 Å². The minimum atomic E-state index is 0.130. The number of H-pyrrole nitrogens is 1. The molecular formula is C19H19N5O2. The van der Waals surface area contributed by atoms with E-state index in [-0.39, 0.29) is 6.10 Å². The molecule has 132 valence electrons. The lowest BCUT2D eigenvalue weighted by Gasteiger charge is -2.23. The van der Waals surface area contributed by atoms with Gasteiger partial charge in [-0.05, 0) is 18.2 Å². The van der Waals surface area contributed by atoms with Gasteiger partial charge in [0.2, 0.25) is 5.88 Å². The maximum absolute atomic E-state index is 6.21. The van der Waals surface area contributed by atoms with E-state index in [1.807, 2.05) is 36.1 Å². The lowest BCUT2D eigenvalue weighted by Crippen LogP contribution is -2.26. The van der Waals surface area contributed by atoms with Crippen molar-refractivity contribution in [1.82, 2.24) is 25.0 Å². The van der Waals surface area contributed by atoms with Crippen molar-refractivity contribution in [1.29, 1.82) is 0 Å². The highest BCUT2D eigenvalue weighted by Crippen LogP contribution is 2.34. The summed E-state index contributed by atoms with van der Waals surface area (Å²) in [6, 6.07) is 8.07. The first-order valence-electron chi connectivity index (χ1n) is 8.79. The fourth-order valence-corrected chi connectivity index (χ4v) is 3.48. The van der Waals surface area contributed by atoms with E-state index < -0.39 is 0 Å². The Morgan fingerprint density at radius 1 is 1.23 bits per heavy atom. The molecule has 7 nitrogen and oxygen atoms in total. The number of hydrogen-bond donors (Lipinski definition) is 1. The Balaban J connectivity index is 1.60. The first-order chi connectivity index (χ1) is 12.8. The molecule has 0 aliphatic carbocycles. The van der Waals surface area contributed by atoms with E-state index in [4.69, 9.17) is 9.47 Å². The van der Waals surface area contributed by atoms with E-state index in [1.54, 1.807) is 6.20 Å². The molecular weight excluding hydrogens is 330 g/mol. The van der Waals surface area contributed by atoms with E-state index in [0.717, 1.165) is 59.1 Å². The van der Waals surface area contributed by atoms with Crippen LogP contribution in [0.15, 0.2) is 36.7 Å². The standard InChI is InChI=1S/C19H19N5O2/c1-24-11-13-10-12(2-3-15(13)23-24)18-17-16(21-22-18)4-7-20-19(17)26-14-5-8-25-9-6-14/h2-4,7,10-11,14H,5-6,8-9H2,1H3,(H,21,22). The molecule has 4 aromatic rings. The summed E-state index contributed by atoms with van der Waals surface area (Å²) < 4.78 is 13.4. The first-order valence-corrected chi connectivity index (χ1v) is 8.79. The fourth-order valence-electron chi connectivity index (χ4n) is 3.48. The molecule has 0 radical (unpaired) electrons. The number of rotatable bonds is 3. The van der Waals surface area contributed by atoms with Crippen LogP contribution < -0.4 is 4.74 Å². The van der Waals surface area contributed by atoms with Gasteiger partial charge in [0.15, 0.2) is 0 Å². The van der Waals surface area contributed by atoms with Gasteiger partial charge in [-0.1, -0.05) is 6.07 Å². The summed E-state index contributed by atoms with van der Waals surface area (Å²) in [4.78, 5) is 4.49. The summed E-state index contributed by atoms with van der Waals surface area (Å²) in [5.74, 6) is 0.629. The molecule has 1 aromatic carbocycles. The zero-order valence-corrected chi connectivity index (χ0v) is 14.5. The molecule has 0 saturated carbocycles. The van der Waals surface area contributed by atoms with Crippen LogP contribution in [0.1, 0.15) is 12.8 Å². The SMILES string of the molecule is Cn1cc2cc(-c3n[nH]c4ccnc(OC5CCOCC5)c34)ccc2n1. The van der Waals surface area contributed by atoms with Crippen LogP contribution in [-0.4, -0.2) is 44.3 Å². The van der Waals surface area contributed by atoms with Crippen molar-refractivity contribution >= 4 is 21.8 Å². The molecule has 1 fully saturated rings. The van der Waals surface area contributed by atoms with Gasteiger partial charge in [-0.2, -0.15) is 10.2 Å². The Morgan fingerprint density at radius 3 is 3.00 bits per heavy atom. The van der Waals surface area contributed by atoms with Crippen molar-refractivity contribution in [3.8, 4) is 17.1 Å². The number of ether oxygens (including phenoxy) is 2. The van der Waals surface area contributed by atoms with Crippen molar-refractivity contribution < 1.29 is 9.47 Å². The highest BCUT2D eigenvalue weighted by molar-refractivity contribution is 5.98. The lowest BCUT2D eigenvalue weighted by molar-refractivity contribution is 0.0244. The third-order valence-corrected chi connectivity index (χ3v) is 4.78. The molecule has 3 aromatic heterocycles. The molecule has 0 amide bonds. The Bertz CT molecular complexity index is 1080. The van der Waals surface area contributed by atoms with Crippen molar-refractivity contribution in [3.05, 3.63) is 36.7 Å². The van der Waals surface area contributed by atoms with Gasteiger partial charge in [0.05, 0.1) is 29.6 Å². The van der Waals surface area contributed by atoms with Crippen LogP contribution in [0.4, 0.5) is 0 Å². The number of nitrogens with one attached hydrogen (secondary N) is 1. The van der Waals surface area contributed by atoms with Crippen LogP contribution >= 0.6 is 0 Å². The fraction of sp³-hybridized carbons (Fsp3) is 0.316. The molecule has 0 spiro atoms. The van der Waals surface area contributed by atoms with Gasteiger partial charge in [0, 0.05) is 43.2 Å². The van der Waals surface area contributed by atoms with Crippen LogP contribution in [0.25, 0.3) is 33.1 Å². The molecule has 5 rings (SSSR count). The van der Waals surface area contributed by atoms with E-state index in [0.29, 0.717) is 5.88 Å². The molecule has 0 unspecified atom stereocenters. The molecule has 1 N–H and O–H groups in total. The molecule has 1 aliphatic heterocycles. The lowest BCUT2D eigenvalue weighted by atomic mass is 10.1. The van der Waals surface area contributed by atoms with E-state index >= 15 is 0 Å². The number of benzene rings is 1. The van der Waals surface area contributed by atoms with Gasteiger partial charge in [-0.3, -0.25) is 9.78 Å². The number of aromatic nitrogens is 5. The van der Waals surface area contributed by atoms with Crippen LogP contribution in [0.2, 0.25) is 0 Å². The van der Waals surface area contributed by atoms with Gasteiger partial charge in [0.25, 0.3) is 0 Å². The van der Waals surface area contributed by atoms with Crippen molar-refractivity contribution in [2.24, 2.45) is 7.05 Å². The van der Waals surface area contributed by atoms with Gasteiger partial charge in [-0.15, -0.1) is 0 Å². The van der Waals surface area contributed by atoms with Crippen molar-refractivity contribution in [2.45, 2.75) is 18.9 Å². The largest absolute Gasteiger partial charge is 0.474 e. The number of hydrogen-bond acceptors (Lipinski definition) is 5. The van der Waals surface area contributed by atoms with Crippen LogP contribution in [-0.2, 0) is 11.8 Å². The molecule has 1 aliphatic rings. The zero-order valence-electron chi connectivity index (χ0n) is 14.5. The molecule has 0 atom stereocenters. The number of nitrogens with zero attached hydrogens (tertiary/aromatic N) is 4. The molecule has 26 heavy (non-hydrogen) atoms. The van der Waals surface area contributed by atoms with E-state index in [9.17, 15) is 0 Å². The van der Waals surface area contributed by atoms with Crippen LogP contribution in [0.5, 0.6) is 5.88 Å². The summed E-state index contributed by atoms with van der Waals surface area (Å²) in [6.45, 7) is 1.47. The third kappa shape index (κ3) is 2.61. The number of pyridine rings is 1. The predicted octanol–water partition coefficient (Wildman–Crippen LogP) is 3.07. The van der Waals surface area contributed by atoms with Crippen LogP contribution in [0.3, 0.4) is 0 Å². The molecule has 7 heteroatoms.